The number of hydrogen-bond acceptors (Lipinski definition) is 4. The fraction of sp³-hybridized carbons (Fsp3) is 0.316. The maximum absolute atomic E-state index is 5.78. The van der Waals surface area contributed by atoms with E-state index >= 15 is 0 Å². The van der Waals surface area contributed by atoms with Gasteiger partial charge in [-0.25, -0.2) is 0 Å². The van der Waals surface area contributed by atoms with E-state index in [4.69, 9.17) is 9.47 Å². The average Bonchev–Trinajstić information content (AvgIpc) is 2.59. The zero-order valence-electron chi connectivity index (χ0n) is 14.1. The first-order valence-corrected chi connectivity index (χ1v) is 8.96. The van der Waals surface area contributed by atoms with Gasteiger partial charge in [-0.2, -0.15) is 5.10 Å². The summed E-state index contributed by atoms with van der Waals surface area (Å²) in [5.41, 5.74) is 4.88. The summed E-state index contributed by atoms with van der Waals surface area (Å²) in [5.74, 6) is 1.53. The van der Waals surface area contributed by atoms with E-state index in [9.17, 15) is 0 Å². The summed E-state index contributed by atoms with van der Waals surface area (Å²) in [6.45, 7) is 5.41. The van der Waals surface area contributed by atoms with Crippen molar-refractivity contribution in [1.82, 2.24) is 0 Å². The van der Waals surface area contributed by atoms with Gasteiger partial charge in [0.1, 0.15) is 0 Å². The molecule has 2 rings (SSSR count). The highest BCUT2D eigenvalue weighted by molar-refractivity contribution is 9.10. The number of anilines is 1. The van der Waals surface area contributed by atoms with E-state index in [1.54, 1.807) is 6.21 Å². The number of unbranched alkanes of at least 4 members (excludes halogenated alkanes) is 1. The van der Waals surface area contributed by atoms with E-state index in [1.165, 1.54) is 0 Å². The summed E-state index contributed by atoms with van der Waals surface area (Å²) >= 11 is 3.41. The van der Waals surface area contributed by atoms with Gasteiger partial charge in [0, 0.05) is 4.47 Å². The lowest BCUT2D eigenvalue weighted by Crippen LogP contribution is -2.01. The normalized spacial score (nSPS) is 10.8. The first kappa shape index (κ1) is 18.3. The third-order valence-corrected chi connectivity index (χ3v) is 3.80. The van der Waals surface area contributed by atoms with Crippen LogP contribution in [0.4, 0.5) is 5.69 Å². The minimum absolute atomic E-state index is 0.599. The van der Waals surface area contributed by atoms with Crippen molar-refractivity contribution < 1.29 is 9.47 Å². The van der Waals surface area contributed by atoms with Gasteiger partial charge in [-0.1, -0.05) is 29.3 Å². The molecule has 2 aromatic rings. The molecular weight excluding hydrogens is 368 g/mol. The summed E-state index contributed by atoms with van der Waals surface area (Å²) in [4.78, 5) is 0. The van der Waals surface area contributed by atoms with Gasteiger partial charge in [0.05, 0.1) is 25.1 Å². The van der Waals surface area contributed by atoms with Crippen LogP contribution in [0.1, 0.15) is 32.3 Å². The Hall–Kier alpha value is -2.01. The third-order valence-electron chi connectivity index (χ3n) is 3.27. The number of halogens is 1. The molecule has 0 saturated heterocycles. The Morgan fingerprint density at radius 1 is 1.04 bits per heavy atom. The molecule has 0 spiro atoms. The lowest BCUT2D eigenvalue weighted by molar-refractivity contribution is 0.272. The van der Waals surface area contributed by atoms with E-state index in [2.05, 4.69) is 33.4 Å². The van der Waals surface area contributed by atoms with E-state index < -0.39 is 0 Å². The lowest BCUT2D eigenvalue weighted by Gasteiger charge is -2.12. The van der Waals surface area contributed by atoms with Crippen LogP contribution in [0, 0.1) is 0 Å². The van der Waals surface area contributed by atoms with Crippen LogP contribution in [-0.4, -0.2) is 19.4 Å². The molecule has 0 heterocycles. The monoisotopic (exact) mass is 390 g/mol. The summed E-state index contributed by atoms with van der Waals surface area (Å²) in [6.07, 6.45) is 3.91. The fourth-order valence-corrected chi connectivity index (χ4v) is 2.29. The summed E-state index contributed by atoms with van der Waals surface area (Å²) in [5, 5.41) is 4.26. The zero-order valence-corrected chi connectivity index (χ0v) is 15.7. The van der Waals surface area contributed by atoms with Crippen molar-refractivity contribution in [3.8, 4) is 11.5 Å². The summed E-state index contributed by atoms with van der Waals surface area (Å²) in [7, 11) is 0. The van der Waals surface area contributed by atoms with Crippen molar-refractivity contribution in [2.45, 2.75) is 26.7 Å². The highest BCUT2D eigenvalue weighted by atomic mass is 79.9. The molecule has 0 atom stereocenters. The van der Waals surface area contributed by atoms with Crippen molar-refractivity contribution in [3.63, 3.8) is 0 Å². The van der Waals surface area contributed by atoms with Crippen molar-refractivity contribution in [1.29, 1.82) is 0 Å². The van der Waals surface area contributed by atoms with Gasteiger partial charge in [0.15, 0.2) is 11.5 Å². The minimum Gasteiger partial charge on any atom is -0.490 e. The Labute approximate surface area is 152 Å². The Kier molecular flexibility index (Phi) is 7.62. The molecule has 1 N–H and O–H groups in total. The van der Waals surface area contributed by atoms with E-state index in [0.717, 1.165) is 40.1 Å². The smallest absolute Gasteiger partial charge is 0.161 e. The number of hydrazone groups is 1. The standard InChI is InChI=1S/C19H23BrN2O2/c1-3-5-12-24-18-11-6-15(13-19(18)23-4-2)14-21-22-17-9-7-16(20)8-10-17/h6-11,13-14,22H,3-5,12H2,1-2H3/b21-14-. The molecule has 4 nitrogen and oxygen atoms in total. The Morgan fingerprint density at radius 3 is 2.54 bits per heavy atom. The average molecular weight is 391 g/mol. The second-order valence-corrected chi connectivity index (χ2v) is 6.13. The largest absolute Gasteiger partial charge is 0.490 e. The maximum Gasteiger partial charge on any atom is 0.161 e. The molecule has 0 fully saturated rings. The number of rotatable bonds is 9. The summed E-state index contributed by atoms with van der Waals surface area (Å²) in [6, 6.07) is 13.7. The third kappa shape index (κ3) is 5.89. The highest BCUT2D eigenvalue weighted by Crippen LogP contribution is 2.28. The van der Waals surface area contributed by atoms with Crippen LogP contribution >= 0.6 is 15.9 Å². The van der Waals surface area contributed by atoms with Crippen molar-refractivity contribution >= 4 is 27.8 Å². The zero-order chi connectivity index (χ0) is 17.2. The maximum atomic E-state index is 5.78. The molecule has 0 radical (unpaired) electrons. The Bertz CT molecular complexity index is 657. The molecule has 0 saturated carbocycles. The minimum atomic E-state index is 0.599. The van der Waals surface area contributed by atoms with Crippen LogP contribution in [0.2, 0.25) is 0 Å². The Balaban J connectivity index is 2.02. The first-order chi connectivity index (χ1) is 11.7. The number of ether oxygens (including phenoxy) is 2. The van der Waals surface area contributed by atoms with Crippen LogP contribution in [0.5, 0.6) is 11.5 Å². The predicted octanol–water partition coefficient (Wildman–Crippen LogP) is 5.47. The highest BCUT2D eigenvalue weighted by Gasteiger charge is 2.05. The molecule has 0 aliphatic carbocycles. The molecule has 0 aromatic heterocycles. The van der Waals surface area contributed by atoms with Gasteiger partial charge in [-0.15, -0.1) is 0 Å². The molecule has 2 aromatic carbocycles. The number of benzene rings is 2. The van der Waals surface area contributed by atoms with Gasteiger partial charge in [-0.05, 0) is 61.4 Å². The van der Waals surface area contributed by atoms with Gasteiger partial charge in [0.25, 0.3) is 0 Å². The van der Waals surface area contributed by atoms with Crippen LogP contribution in [0.3, 0.4) is 0 Å². The SMILES string of the molecule is CCCCOc1ccc(/C=N\Nc2ccc(Br)cc2)cc1OCC. The molecule has 0 unspecified atom stereocenters. The van der Waals surface area contributed by atoms with Gasteiger partial charge >= 0.3 is 0 Å². The molecular formula is C19H23BrN2O2. The molecule has 0 bridgehead atoms. The van der Waals surface area contributed by atoms with Crippen molar-refractivity contribution in [2.75, 3.05) is 18.6 Å². The van der Waals surface area contributed by atoms with Crippen LogP contribution < -0.4 is 14.9 Å². The molecule has 0 amide bonds. The second-order valence-electron chi connectivity index (χ2n) is 5.22. The molecule has 0 aliphatic heterocycles. The molecule has 24 heavy (non-hydrogen) atoms. The van der Waals surface area contributed by atoms with Crippen molar-refractivity contribution in [3.05, 3.63) is 52.5 Å². The van der Waals surface area contributed by atoms with Gasteiger partial charge in [-0.3, -0.25) is 5.43 Å². The van der Waals surface area contributed by atoms with E-state index in [0.29, 0.717) is 13.2 Å². The lowest BCUT2D eigenvalue weighted by atomic mass is 10.2. The molecule has 0 aliphatic rings. The number of nitrogens with one attached hydrogen (secondary N) is 1. The Morgan fingerprint density at radius 2 is 1.83 bits per heavy atom. The van der Waals surface area contributed by atoms with Crippen molar-refractivity contribution in [2.24, 2.45) is 5.10 Å². The molecule has 5 heteroatoms. The first-order valence-electron chi connectivity index (χ1n) is 8.17. The van der Waals surface area contributed by atoms with E-state index in [1.807, 2.05) is 49.4 Å². The number of nitrogens with zero attached hydrogens (tertiary/aromatic N) is 1. The summed E-state index contributed by atoms with van der Waals surface area (Å²) < 4.78 is 12.5. The second kappa shape index (κ2) is 9.98. The van der Waals surface area contributed by atoms with Crippen LogP contribution in [0.15, 0.2) is 52.0 Å². The molecule has 128 valence electrons. The predicted molar refractivity (Wildman–Crippen MR) is 103 cm³/mol. The van der Waals surface area contributed by atoms with Gasteiger partial charge < -0.3 is 9.47 Å². The van der Waals surface area contributed by atoms with Crippen LogP contribution in [-0.2, 0) is 0 Å². The quantitative estimate of drug-likeness (QED) is 0.350. The number of hydrogen-bond donors (Lipinski definition) is 1. The fourth-order valence-electron chi connectivity index (χ4n) is 2.02. The topological polar surface area (TPSA) is 42.8 Å². The van der Waals surface area contributed by atoms with E-state index in [-0.39, 0.29) is 0 Å². The van der Waals surface area contributed by atoms with Gasteiger partial charge in [0.2, 0.25) is 0 Å². The van der Waals surface area contributed by atoms with Crippen LogP contribution in [0.25, 0.3) is 0 Å².